The third kappa shape index (κ3) is 5.50. The Bertz CT molecular complexity index is 780. The summed E-state index contributed by atoms with van der Waals surface area (Å²) in [6, 6.07) is 5.92. The summed E-state index contributed by atoms with van der Waals surface area (Å²) in [7, 11) is -3.17. The molecule has 8 nitrogen and oxygen atoms in total. The maximum absolute atomic E-state index is 12.4. The average molecular weight is 411 g/mol. The predicted octanol–water partition coefficient (Wildman–Crippen LogP) is 0.635. The largest absolute Gasteiger partial charge is 0.381 e. The van der Waals surface area contributed by atoms with E-state index in [0.29, 0.717) is 37.9 Å². The lowest BCUT2D eigenvalue weighted by atomic mass is 10.0. The minimum Gasteiger partial charge on any atom is -0.381 e. The molecule has 2 aliphatic heterocycles. The van der Waals surface area contributed by atoms with Crippen molar-refractivity contribution in [3.05, 3.63) is 29.6 Å². The molecular formula is C19H30N4O4S. The van der Waals surface area contributed by atoms with Crippen LogP contribution >= 0.6 is 0 Å². The number of aromatic nitrogens is 1. The summed E-state index contributed by atoms with van der Waals surface area (Å²) in [6.07, 6.45) is 3.95. The third-order valence-corrected chi connectivity index (χ3v) is 6.77. The van der Waals surface area contributed by atoms with Crippen LogP contribution in [0.3, 0.4) is 0 Å². The van der Waals surface area contributed by atoms with Crippen LogP contribution in [0.25, 0.3) is 0 Å². The van der Waals surface area contributed by atoms with E-state index in [4.69, 9.17) is 4.74 Å². The van der Waals surface area contributed by atoms with Gasteiger partial charge in [0.1, 0.15) is 5.69 Å². The van der Waals surface area contributed by atoms with E-state index in [0.717, 1.165) is 38.2 Å². The number of rotatable bonds is 7. The standard InChI is InChI=1S/C19H30N4O4S/c1-15-4-3-5-18(21-15)19(24)20-9-11-23(16-7-12-27-13-8-16)17-6-10-22(14-17)28(2,25)26/h3-5,16-17H,6-14H2,1-2H3,(H,20,24). The molecule has 0 spiro atoms. The van der Waals surface area contributed by atoms with Crippen molar-refractivity contribution in [3.8, 4) is 0 Å². The Balaban J connectivity index is 1.60. The van der Waals surface area contributed by atoms with Gasteiger partial charge in [0.25, 0.3) is 5.91 Å². The van der Waals surface area contributed by atoms with Gasteiger partial charge in [-0.05, 0) is 38.3 Å². The van der Waals surface area contributed by atoms with Crippen LogP contribution in [0.2, 0.25) is 0 Å². The molecule has 1 aromatic rings. The summed E-state index contributed by atoms with van der Waals surface area (Å²) >= 11 is 0. The van der Waals surface area contributed by atoms with Crippen LogP contribution in [0, 0.1) is 6.92 Å². The molecule has 156 valence electrons. The first-order chi connectivity index (χ1) is 13.3. The zero-order chi connectivity index (χ0) is 20.1. The zero-order valence-corrected chi connectivity index (χ0v) is 17.5. The van der Waals surface area contributed by atoms with Gasteiger partial charge < -0.3 is 10.1 Å². The molecule has 9 heteroatoms. The highest BCUT2D eigenvalue weighted by Gasteiger charge is 2.35. The van der Waals surface area contributed by atoms with Gasteiger partial charge >= 0.3 is 0 Å². The molecule has 1 unspecified atom stereocenters. The number of carbonyl (C=O) groups is 1. The minimum absolute atomic E-state index is 0.173. The van der Waals surface area contributed by atoms with Gasteiger partial charge in [0, 0.05) is 57.2 Å². The quantitative estimate of drug-likeness (QED) is 0.709. The fourth-order valence-corrected chi connectivity index (χ4v) is 4.90. The molecule has 2 aliphatic rings. The van der Waals surface area contributed by atoms with Crippen molar-refractivity contribution in [1.29, 1.82) is 0 Å². The molecule has 1 atom stereocenters. The molecule has 1 amide bonds. The van der Waals surface area contributed by atoms with Gasteiger partial charge in [-0.25, -0.2) is 17.7 Å². The number of pyridine rings is 1. The Labute approximate surface area is 167 Å². The van der Waals surface area contributed by atoms with Crippen LogP contribution < -0.4 is 5.32 Å². The zero-order valence-electron chi connectivity index (χ0n) is 16.6. The van der Waals surface area contributed by atoms with E-state index in [-0.39, 0.29) is 11.9 Å². The summed E-state index contributed by atoms with van der Waals surface area (Å²) in [5, 5.41) is 2.95. The lowest BCUT2D eigenvalue weighted by Gasteiger charge is -2.38. The average Bonchev–Trinajstić information content (AvgIpc) is 3.16. The number of nitrogens with one attached hydrogen (secondary N) is 1. The molecular weight excluding hydrogens is 380 g/mol. The molecule has 2 saturated heterocycles. The van der Waals surface area contributed by atoms with Gasteiger partial charge in [0.05, 0.1) is 6.26 Å². The van der Waals surface area contributed by atoms with Crippen molar-refractivity contribution in [2.75, 3.05) is 45.6 Å². The fraction of sp³-hybridized carbons (Fsp3) is 0.684. The van der Waals surface area contributed by atoms with Crippen molar-refractivity contribution < 1.29 is 17.9 Å². The molecule has 0 saturated carbocycles. The number of aryl methyl sites for hydroxylation is 1. The van der Waals surface area contributed by atoms with Crippen molar-refractivity contribution in [1.82, 2.24) is 19.5 Å². The SMILES string of the molecule is Cc1cccc(C(=O)NCCN(C2CCOCC2)C2CCN(S(C)(=O)=O)C2)n1. The molecule has 1 aromatic heterocycles. The highest BCUT2D eigenvalue weighted by atomic mass is 32.2. The number of amides is 1. The van der Waals surface area contributed by atoms with Gasteiger partial charge in [0.15, 0.2) is 0 Å². The van der Waals surface area contributed by atoms with Crippen molar-refractivity contribution in [2.24, 2.45) is 0 Å². The lowest BCUT2D eigenvalue weighted by molar-refractivity contribution is 0.0194. The number of hydrogen-bond donors (Lipinski definition) is 1. The first-order valence-corrected chi connectivity index (χ1v) is 11.7. The molecule has 0 aromatic carbocycles. The van der Waals surface area contributed by atoms with E-state index in [1.807, 2.05) is 19.1 Å². The molecule has 0 radical (unpaired) electrons. The van der Waals surface area contributed by atoms with Gasteiger partial charge in [-0.3, -0.25) is 9.69 Å². The number of sulfonamides is 1. The van der Waals surface area contributed by atoms with Crippen LogP contribution in [0.4, 0.5) is 0 Å². The number of nitrogens with zero attached hydrogens (tertiary/aromatic N) is 3. The van der Waals surface area contributed by atoms with Gasteiger partial charge in [0.2, 0.25) is 10.0 Å². The predicted molar refractivity (Wildman–Crippen MR) is 107 cm³/mol. The van der Waals surface area contributed by atoms with E-state index >= 15 is 0 Å². The number of carbonyl (C=O) groups excluding carboxylic acids is 1. The van der Waals surface area contributed by atoms with Crippen molar-refractivity contribution >= 4 is 15.9 Å². The minimum atomic E-state index is -3.17. The highest BCUT2D eigenvalue weighted by Crippen LogP contribution is 2.24. The van der Waals surface area contributed by atoms with E-state index < -0.39 is 10.0 Å². The highest BCUT2D eigenvalue weighted by molar-refractivity contribution is 7.88. The summed E-state index contributed by atoms with van der Waals surface area (Å²) in [5.41, 5.74) is 1.23. The second kappa shape index (κ2) is 9.30. The monoisotopic (exact) mass is 410 g/mol. The normalized spacial score (nSPS) is 21.9. The Morgan fingerprint density at radius 2 is 2.04 bits per heavy atom. The first-order valence-electron chi connectivity index (χ1n) is 9.85. The second-order valence-electron chi connectivity index (χ2n) is 7.56. The fourth-order valence-electron chi connectivity index (χ4n) is 4.02. The van der Waals surface area contributed by atoms with Crippen LogP contribution in [-0.2, 0) is 14.8 Å². The van der Waals surface area contributed by atoms with E-state index in [1.165, 1.54) is 6.26 Å². The molecule has 1 N–H and O–H groups in total. The van der Waals surface area contributed by atoms with Gasteiger partial charge in [-0.15, -0.1) is 0 Å². The molecule has 0 aliphatic carbocycles. The topological polar surface area (TPSA) is 91.8 Å². The van der Waals surface area contributed by atoms with E-state index in [9.17, 15) is 13.2 Å². The molecule has 28 heavy (non-hydrogen) atoms. The number of hydrogen-bond acceptors (Lipinski definition) is 6. The molecule has 0 bridgehead atoms. The van der Waals surface area contributed by atoms with E-state index in [1.54, 1.807) is 10.4 Å². The van der Waals surface area contributed by atoms with Crippen molar-refractivity contribution in [3.63, 3.8) is 0 Å². The van der Waals surface area contributed by atoms with Crippen LogP contribution in [-0.4, -0.2) is 86.2 Å². The Morgan fingerprint density at radius 1 is 1.29 bits per heavy atom. The summed E-state index contributed by atoms with van der Waals surface area (Å²) in [6.45, 7) is 5.57. The Morgan fingerprint density at radius 3 is 2.68 bits per heavy atom. The molecule has 3 rings (SSSR count). The molecule has 3 heterocycles. The Kier molecular flexibility index (Phi) is 7.03. The summed E-state index contributed by atoms with van der Waals surface area (Å²) in [5.74, 6) is -0.181. The number of ether oxygens (including phenoxy) is 1. The molecule has 2 fully saturated rings. The second-order valence-corrected chi connectivity index (χ2v) is 9.55. The maximum atomic E-state index is 12.4. The van der Waals surface area contributed by atoms with Crippen LogP contribution in [0.5, 0.6) is 0 Å². The lowest BCUT2D eigenvalue weighted by Crippen LogP contribution is -2.50. The Hall–Kier alpha value is -1.55. The van der Waals surface area contributed by atoms with Crippen molar-refractivity contribution in [2.45, 2.75) is 38.3 Å². The van der Waals surface area contributed by atoms with Gasteiger partial charge in [-0.2, -0.15) is 0 Å². The maximum Gasteiger partial charge on any atom is 0.269 e. The first kappa shape index (κ1) is 21.2. The summed E-state index contributed by atoms with van der Waals surface area (Å²) in [4.78, 5) is 19.0. The van der Waals surface area contributed by atoms with Crippen LogP contribution in [0.15, 0.2) is 18.2 Å². The smallest absolute Gasteiger partial charge is 0.269 e. The summed E-state index contributed by atoms with van der Waals surface area (Å²) < 4.78 is 30.8. The van der Waals surface area contributed by atoms with Gasteiger partial charge in [-0.1, -0.05) is 6.07 Å². The van der Waals surface area contributed by atoms with Crippen LogP contribution in [0.1, 0.15) is 35.4 Å². The van der Waals surface area contributed by atoms with E-state index in [2.05, 4.69) is 15.2 Å². The third-order valence-electron chi connectivity index (χ3n) is 5.50.